The summed E-state index contributed by atoms with van der Waals surface area (Å²) in [5.74, 6) is -0.462. The molecule has 32 heavy (non-hydrogen) atoms. The monoisotopic (exact) mass is 448 g/mol. The molecular formula is C26H28N2O3S. The van der Waals surface area contributed by atoms with Crippen LogP contribution in [0.4, 0.5) is 9.80 Å². The van der Waals surface area contributed by atoms with E-state index in [0.29, 0.717) is 10.6 Å². The standard InChI is InChI=1S/C26H28N2O3S/c1-6-31-24(29)22-21(18-11-8-7-9-12-18)16-32-23(22)27-25(30)28-26(4,5)20-14-10-13-19(15-20)17(2)3/h7-16H,2,6H2,1,3-5H3,(H2,27,28,30). The zero-order valence-corrected chi connectivity index (χ0v) is 19.6. The highest BCUT2D eigenvalue weighted by atomic mass is 32.1. The Morgan fingerprint density at radius 1 is 1.09 bits per heavy atom. The van der Waals surface area contributed by atoms with Crippen LogP contribution in [-0.2, 0) is 10.3 Å². The molecule has 3 rings (SSSR count). The minimum atomic E-state index is -0.640. The molecule has 0 fully saturated rings. The molecule has 0 unspecified atom stereocenters. The minimum absolute atomic E-state index is 0.251. The molecule has 0 aliphatic heterocycles. The fourth-order valence-corrected chi connectivity index (χ4v) is 4.30. The van der Waals surface area contributed by atoms with Gasteiger partial charge >= 0.3 is 12.0 Å². The van der Waals surface area contributed by atoms with Gasteiger partial charge in [0.05, 0.1) is 12.1 Å². The van der Waals surface area contributed by atoms with Crippen LogP contribution in [0.1, 0.15) is 49.2 Å². The van der Waals surface area contributed by atoms with Gasteiger partial charge in [-0.25, -0.2) is 9.59 Å². The highest BCUT2D eigenvalue weighted by Gasteiger charge is 2.26. The molecule has 2 N–H and O–H groups in total. The lowest BCUT2D eigenvalue weighted by atomic mass is 9.92. The molecular weight excluding hydrogens is 420 g/mol. The molecule has 6 heteroatoms. The Hall–Kier alpha value is -3.38. The van der Waals surface area contributed by atoms with Crippen molar-refractivity contribution in [3.8, 4) is 11.1 Å². The summed E-state index contributed by atoms with van der Waals surface area (Å²) in [5, 5.41) is 8.17. The van der Waals surface area contributed by atoms with Crippen molar-refractivity contribution in [3.05, 3.63) is 83.2 Å². The van der Waals surface area contributed by atoms with Gasteiger partial charge in [0, 0.05) is 10.9 Å². The van der Waals surface area contributed by atoms with Gasteiger partial charge in [-0.05, 0) is 50.5 Å². The number of ether oxygens (including phenoxy) is 1. The number of amides is 2. The zero-order chi connectivity index (χ0) is 23.3. The number of urea groups is 1. The first kappa shape index (κ1) is 23.3. The van der Waals surface area contributed by atoms with Crippen molar-refractivity contribution in [2.75, 3.05) is 11.9 Å². The second kappa shape index (κ2) is 9.83. The van der Waals surface area contributed by atoms with Crippen molar-refractivity contribution in [1.29, 1.82) is 0 Å². The van der Waals surface area contributed by atoms with Gasteiger partial charge in [0.15, 0.2) is 0 Å². The molecule has 1 heterocycles. The minimum Gasteiger partial charge on any atom is -0.462 e. The molecule has 1 aromatic heterocycles. The average Bonchev–Trinajstić information content (AvgIpc) is 3.17. The number of carbonyl (C=O) groups is 2. The number of esters is 1. The van der Waals surface area contributed by atoms with Crippen LogP contribution in [0.25, 0.3) is 16.7 Å². The molecule has 0 radical (unpaired) electrons. The van der Waals surface area contributed by atoms with Crippen molar-refractivity contribution in [2.24, 2.45) is 0 Å². The summed E-state index contributed by atoms with van der Waals surface area (Å²) in [6.45, 7) is 11.8. The lowest BCUT2D eigenvalue weighted by Crippen LogP contribution is -2.43. The van der Waals surface area contributed by atoms with Gasteiger partial charge in [-0.1, -0.05) is 60.7 Å². The SMILES string of the molecule is C=C(C)c1cccc(C(C)(C)NC(=O)Nc2scc(-c3ccccc3)c2C(=O)OCC)c1. The van der Waals surface area contributed by atoms with E-state index in [0.717, 1.165) is 27.8 Å². The van der Waals surface area contributed by atoms with E-state index in [9.17, 15) is 9.59 Å². The van der Waals surface area contributed by atoms with Crippen molar-refractivity contribution in [3.63, 3.8) is 0 Å². The van der Waals surface area contributed by atoms with E-state index in [4.69, 9.17) is 4.74 Å². The third-order valence-electron chi connectivity index (χ3n) is 5.09. The van der Waals surface area contributed by atoms with Gasteiger partial charge in [-0.3, -0.25) is 5.32 Å². The maximum atomic E-state index is 12.9. The van der Waals surface area contributed by atoms with Crippen LogP contribution in [0, 0.1) is 0 Å². The number of hydrogen-bond acceptors (Lipinski definition) is 4. The van der Waals surface area contributed by atoms with E-state index in [1.807, 2.05) is 80.7 Å². The molecule has 0 atom stereocenters. The fraction of sp³-hybridized carbons (Fsp3) is 0.231. The van der Waals surface area contributed by atoms with Crippen molar-refractivity contribution in [1.82, 2.24) is 5.32 Å². The Morgan fingerprint density at radius 3 is 2.47 bits per heavy atom. The van der Waals surface area contributed by atoms with Gasteiger partial charge in [-0.2, -0.15) is 0 Å². The molecule has 166 valence electrons. The summed E-state index contributed by atoms with van der Waals surface area (Å²) in [5.41, 5.74) is 4.27. The maximum absolute atomic E-state index is 12.9. The van der Waals surface area contributed by atoms with Crippen LogP contribution in [0.15, 0.2) is 66.6 Å². The van der Waals surface area contributed by atoms with Crippen molar-refractivity contribution in [2.45, 2.75) is 33.2 Å². The number of anilines is 1. The number of carbonyl (C=O) groups excluding carboxylic acids is 2. The Bertz CT molecular complexity index is 1130. The predicted octanol–water partition coefficient (Wildman–Crippen LogP) is 6.68. The van der Waals surface area contributed by atoms with E-state index in [1.165, 1.54) is 11.3 Å². The molecule has 0 aliphatic rings. The average molecular weight is 449 g/mol. The van der Waals surface area contributed by atoms with Crippen LogP contribution >= 0.6 is 11.3 Å². The highest BCUT2D eigenvalue weighted by Crippen LogP contribution is 2.36. The molecule has 0 saturated heterocycles. The maximum Gasteiger partial charge on any atom is 0.341 e. The Labute approximate surface area is 193 Å². The summed E-state index contributed by atoms with van der Waals surface area (Å²) in [6, 6.07) is 17.1. The molecule has 2 amide bonds. The van der Waals surface area contributed by atoms with Crippen LogP contribution < -0.4 is 10.6 Å². The number of allylic oxidation sites excluding steroid dienone is 1. The highest BCUT2D eigenvalue weighted by molar-refractivity contribution is 7.15. The fourth-order valence-electron chi connectivity index (χ4n) is 3.35. The summed E-state index contributed by atoms with van der Waals surface area (Å²) in [4.78, 5) is 25.6. The van der Waals surface area contributed by atoms with Crippen LogP contribution in [0.5, 0.6) is 0 Å². The van der Waals surface area contributed by atoms with Crippen LogP contribution in [-0.4, -0.2) is 18.6 Å². The number of benzene rings is 2. The van der Waals surface area contributed by atoms with Crippen LogP contribution in [0.3, 0.4) is 0 Å². The summed E-state index contributed by atoms with van der Waals surface area (Å²) in [7, 11) is 0. The molecule has 0 saturated carbocycles. The second-order valence-corrected chi connectivity index (χ2v) is 8.88. The third kappa shape index (κ3) is 5.26. The van der Waals surface area contributed by atoms with Gasteiger partial charge in [0.25, 0.3) is 0 Å². The van der Waals surface area contributed by atoms with Gasteiger partial charge in [0.1, 0.15) is 10.6 Å². The lowest BCUT2D eigenvalue weighted by molar-refractivity contribution is 0.0529. The second-order valence-electron chi connectivity index (χ2n) is 8.01. The third-order valence-corrected chi connectivity index (χ3v) is 5.98. The van der Waals surface area contributed by atoms with E-state index < -0.39 is 17.5 Å². The summed E-state index contributed by atoms with van der Waals surface area (Å²) >= 11 is 1.30. The molecule has 3 aromatic rings. The first-order valence-electron chi connectivity index (χ1n) is 10.4. The normalized spacial score (nSPS) is 11.0. The number of thiophene rings is 1. The first-order valence-corrected chi connectivity index (χ1v) is 11.3. The first-order chi connectivity index (χ1) is 15.2. The molecule has 0 bridgehead atoms. The van der Waals surface area contributed by atoms with E-state index in [2.05, 4.69) is 17.2 Å². The zero-order valence-electron chi connectivity index (χ0n) is 18.8. The quantitative estimate of drug-likeness (QED) is 0.396. The number of hydrogen-bond donors (Lipinski definition) is 2. The van der Waals surface area contributed by atoms with E-state index in [-0.39, 0.29) is 6.61 Å². The van der Waals surface area contributed by atoms with Gasteiger partial charge < -0.3 is 10.1 Å². The van der Waals surface area contributed by atoms with E-state index in [1.54, 1.807) is 6.92 Å². The predicted molar refractivity (Wildman–Crippen MR) is 132 cm³/mol. The Balaban J connectivity index is 1.86. The molecule has 5 nitrogen and oxygen atoms in total. The molecule has 0 spiro atoms. The number of nitrogens with one attached hydrogen (secondary N) is 2. The summed E-state index contributed by atoms with van der Waals surface area (Å²) < 4.78 is 5.26. The van der Waals surface area contributed by atoms with Crippen LogP contribution in [0.2, 0.25) is 0 Å². The number of rotatable bonds is 7. The van der Waals surface area contributed by atoms with Crippen molar-refractivity contribution >= 4 is 33.9 Å². The Morgan fingerprint density at radius 2 is 1.81 bits per heavy atom. The largest absolute Gasteiger partial charge is 0.462 e. The summed E-state index contributed by atoms with van der Waals surface area (Å²) in [6.07, 6.45) is 0. The molecule has 2 aromatic carbocycles. The van der Waals surface area contributed by atoms with Gasteiger partial charge in [0.2, 0.25) is 0 Å². The topological polar surface area (TPSA) is 67.4 Å². The lowest BCUT2D eigenvalue weighted by Gasteiger charge is -2.27. The van der Waals surface area contributed by atoms with E-state index >= 15 is 0 Å². The molecule has 0 aliphatic carbocycles. The van der Waals surface area contributed by atoms with Gasteiger partial charge in [-0.15, -0.1) is 11.3 Å². The smallest absolute Gasteiger partial charge is 0.341 e. The Kier molecular flexibility index (Phi) is 7.15. The van der Waals surface area contributed by atoms with Crippen molar-refractivity contribution < 1.29 is 14.3 Å².